The zero-order chi connectivity index (χ0) is 27.4. The lowest BCUT2D eigenvalue weighted by Gasteiger charge is -2.23. The molecule has 1 N–H and O–H groups in total. The molecule has 0 aliphatic carbocycles. The molecule has 5 aromatic rings. The number of thiophene rings is 1. The molecule has 39 heavy (non-hydrogen) atoms. The van der Waals surface area contributed by atoms with Gasteiger partial charge in [-0.25, -0.2) is 8.42 Å². The average Bonchev–Trinajstić information content (AvgIpc) is 3.41. The van der Waals surface area contributed by atoms with Crippen LogP contribution in [0.4, 0.5) is 5.69 Å². The molecule has 198 valence electrons. The molecule has 1 aromatic heterocycles. The number of fused-ring (bicyclic) bond motifs is 1. The predicted octanol–water partition coefficient (Wildman–Crippen LogP) is 6.64. The largest absolute Gasteiger partial charge is 0.497 e. The molecule has 0 saturated carbocycles. The number of amides is 1. The quantitative estimate of drug-likeness (QED) is 0.221. The van der Waals surface area contributed by atoms with Gasteiger partial charge in [-0.2, -0.15) is 0 Å². The van der Waals surface area contributed by atoms with Crippen LogP contribution in [-0.4, -0.2) is 28.0 Å². The van der Waals surface area contributed by atoms with Crippen molar-refractivity contribution in [2.24, 2.45) is 0 Å². The van der Waals surface area contributed by atoms with Crippen molar-refractivity contribution in [2.45, 2.75) is 17.9 Å². The Bertz CT molecular complexity index is 1640. The highest BCUT2D eigenvalue weighted by molar-refractivity contribution is 7.92. The Morgan fingerprint density at radius 3 is 2.05 bits per heavy atom. The highest BCUT2D eigenvalue weighted by atomic mass is 32.2. The number of nitrogens with zero attached hydrogens (tertiary/aromatic N) is 1. The molecule has 0 fully saturated rings. The van der Waals surface area contributed by atoms with Gasteiger partial charge in [-0.05, 0) is 72.0 Å². The number of ether oxygens (including phenoxy) is 1. The maximum atomic E-state index is 13.4. The van der Waals surface area contributed by atoms with Crippen molar-refractivity contribution >= 4 is 43.0 Å². The maximum absolute atomic E-state index is 13.4. The van der Waals surface area contributed by atoms with Crippen LogP contribution in [-0.2, 0) is 10.0 Å². The first-order valence-electron chi connectivity index (χ1n) is 12.5. The van der Waals surface area contributed by atoms with Crippen molar-refractivity contribution < 1.29 is 17.9 Å². The number of rotatable bonds is 9. The van der Waals surface area contributed by atoms with Gasteiger partial charge in [0.25, 0.3) is 15.9 Å². The standard InChI is InChI=1S/C31H28N2O4S2/c1-3-33(39(35,36)27-17-15-26(37-2)16-18-27)25-14-19-28-24(20-25)21-29(38-28)31(34)32-30(22-10-6-4-7-11-22)23-12-8-5-9-13-23/h4-21,30H,3H2,1-2H3,(H,32,34). The molecule has 1 amide bonds. The lowest BCUT2D eigenvalue weighted by atomic mass is 9.98. The number of carbonyl (C=O) groups is 1. The highest BCUT2D eigenvalue weighted by Gasteiger charge is 2.25. The van der Waals surface area contributed by atoms with E-state index in [0.717, 1.165) is 21.2 Å². The molecule has 0 saturated heterocycles. The second kappa shape index (κ2) is 11.3. The number of hydrogen-bond donors (Lipinski definition) is 1. The Kier molecular flexibility index (Phi) is 7.67. The molecular formula is C31H28N2O4S2. The van der Waals surface area contributed by atoms with Crippen LogP contribution >= 0.6 is 11.3 Å². The molecule has 0 bridgehead atoms. The fraction of sp³-hybridized carbons (Fsp3) is 0.129. The fourth-order valence-corrected chi connectivity index (χ4v) is 6.93. The summed E-state index contributed by atoms with van der Waals surface area (Å²) in [7, 11) is -2.24. The van der Waals surface area contributed by atoms with Crippen molar-refractivity contribution in [3.8, 4) is 5.75 Å². The van der Waals surface area contributed by atoms with Crippen molar-refractivity contribution in [2.75, 3.05) is 18.0 Å². The van der Waals surface area contributed by atoms with Gasteiger partial charge in [0, 0.05) is 11.2 Å². The maximum Gasteiger partial charge on any atom is 0.264 e. The minimum Gasteiger partial charge on any atom is -0.497 e. The van der Waals surface area contributed by atoms with E-state index in [1.807, 2.05) is 78.9 Å². The second-order valence-corrected chi connectivity index (χ2v) is 11.9. The van der Waals surface area contributed by atoms with Crippen LogP contribution in [0.5, 0.6) is 5.75 Å². The zero-order valence-corrected chi connectivity index (χ0v) is 23.2. The summed E-state index contributed by atoms with van der Waals surface area (Å²) in [6.07, 6.45) is 0. The van der Waals surface area contributed by atoms with Crippen LogP contribution in [0.25, 0.3) is 10.1 Å². The van der Waals surface area contributed by atoms with E-state index in [9.17, 15) is 13.2 Å². The van der Waals surface area contributed by atoms with E-state index in [1.54, 1.807) is 25.1 Å². The Morgan fingerprint density at radius 2 is 1.49 bits per heavy atom. The topological polar surface area (TPSA) is 75.7 Å². The molecule has 0 spiro atoms. The molecule has 0 unspecified atom stereocenters. The van der Waals surface area contributed by atoms with Gasteiger partial charge in [0.1, 0.15) is 5.75 Å². The van der Waals surface area contributed by atoms with Gasteiger partial charge < -0.3 is 10.1 Å². The molecule has 4 aromatic carbocycles. The lowest BCUT2D eigenvalue weighted by Crippen LogP contribution is -2.30. The third-order valence-corrected chi connectivity index (χ3v) is 9.52. The van der Waals surface area contributed by atoms with Crippen molar-refractivity contribution in [3.63, 3.8) is 0 Å². The summed E-state index contributed by atoms with van der Waals surface area (Å²) >= 11 is 1.38. The Hall–Kier alpha value is -4.14. The average molecular weight is 557 g/mol. The summed E-state index contributed by atoms with van der Waals surface area (Å²) in [5.41, 5.74) is 2.52. The van der Waals surface area contributed by atoms with Crippen LogP contribution in [0.1, 0.15) is 33.8 Å². The first kappa shape index (κ1) is 26.5. The Morgan fingerprint density at radius 1 is 0.872 bits per heavy atom. The van der Waals surface area contributed by atoms with E-state index in [-0.39, 0.29) is 23.4 Å². The summed E-state index contributed by atoms with van der Waals surface area (Å²) < 4.78 is 34.3. The van der Waals surface area contributed by atoms with E-state index in [4.69, 9.17) is 4.74 Å². The summed E-state index contributed by atoms with van der Waals surface area (Å²) in [4.78, 5) is 14.2. The number of carbonyl (C=O) groups excluding carboxylic acids is 1. The fourth-order valence-electron chi connectivity index (χ4n) is 4.52. The number of anilines is 1. The first-order chi connectivity index (χ1) is 18.9. The van der Waals surface area contributed by atoms with Crippen molar-refractivity contribution in [3.05, 3.63) is 125 Å². The third kappa shape index (κ3) is 5.53. The molecule has 0 aliphatic rings. The number of methoxy groups -OCH3 is 1. The molecule has 0 radical (unpaired) electrons. The number of benzene rings is 4. The van der Waals surface area contributed by atoms with Gasteiger partial charge in [0.05, 0.1) is 28.6 Å². The zero-order valence-electron chi connectivity index (χ0n) is 21.6. The van der Waals surface area contributed by atoms with Crippen LogP contribution in [0.3, 0.4) is 0 Å². The molecule has 1 heterocycles. The van der Waals surface area contributed by atoms with E-state index in [1.165, 1.54) is 34.9 Å². The van der Waals surface area contributed by atoms with E-state index in [0.29, 0.717) is 16.3 Å². The third-order valence-electron chi connectivity index (χ3n) is 6.49. The summed E-state index contributed by atoms with van der Waals surface area (Å²) in [5.74, 6) is 0.401. The van der Waals surface area contributed by atoms with Crippen LogP contribution in [0, 0.1) is 0 Å². The van der Waals surface area contributed by atoms with E-state index in [2.05, 4.69) is 5.32 Å². The van der Waals surface area contributed by atoms with E-state index >= 15 is 0 Å². The first-order valence-corrected chi connectivity index (χ1v) is 14.8. The molecule has 0 atom stereocenters. The van der Waals surface area contributed by atoms with Gasteiger partial charge in [-0.3, -0.25) is 9.10 Å². The number of sulfonamides is 1. The molecular weight excluding hydrogens is 528 g/mol. The normalized spacial score (nSPS) is 11.5. The van der Waals surface area contributed by atoms with Gasteiger partial charge in [-0.1, -0.05) is 60.7 Å². The number of hydrogen-bond acceptors (Lipinski definition) is 5. The van der Waals surface area contributed by atoms with Gasteiger partial charge in [0.2, 0.25) is 0 Å². The molecule has 0 aliphatic heterocycles. The minimum atomic E-state index is -3.78. The molecule has 8 heteroatoms. The van der Waals surface area contributed by atoms with Gasteiger partial charge >= 0.3 is 0 Å². The van der Waals surface area contributed by atoms with Gasteiger partial charge in [0.15, 0.2) is 0 Å². The Labute approximate surface area is 232 Å². The second-order valence-electron chi connectivity index (χ2n) is 8.91. The summed E-state index contributed by atoms with van der Waals surface area (Å²) in [5, 5.41) is 3.99. The summed E-state index contributed by atoms with van der Waals surface area (Å²) in [6.45, 7) is 2.05. The van der Waals surface area contributed by atoms with E-state index < -0.39 is 10.0 Å². The minimum absolute atomic E-state index is 0.184. The lowest BCUT2D eigenvalue weighted by molar-refractivity contribution is 0.0947. The van der Waals surface area contributed by atoms with Crippen LogP contribution in [0.15, 0.2) is 114 Å². The smallest absolute Gasteiger partial charge is 0.264 e. The molecule has 6 nitrogen and oxygen atoms in total. The Balaban J connectivity index is 1.43. The SMILES string of the molecule is CCN(c1ccc2sc(C(=O)NC(c3ccccc3)c3ccccc3)cc2c1)S(=O)(=O)c1ccc(OC)cc1. The summed E-state index contributed by atoms with van der Waals surface area (Å²) in [6, 6.07) is 33.0. The molecule has 5 rings (SSSR count). The monoisotopic (exact) mass is 556 g/mol. The van der Waals surface area contributed by atoms with Gasteiger partial charge in [-0.15, -0.1) is 11.3 Å². The van der Waals surface area contributed by atoms with Crippen molar-refractivity contribution in [1.82, 2.24) is 5.32 Å². The predicted molar refractivity (Wildman–Crippen MR) is 157 cm³/mol. The number of nitrogens with one attached hydrogen (secondary N) is 1. The van der Waals surface area contributed by atoms with Crippen molar-refractivity contribution in [1.29, 1.82) is 0 Å². The van der Waals surface area contributed by atoms with Crippen LogP contribution in [0.2, 0.25) is 0 Å². The highest BCUT2D eigenvalue weighted by Crippen LogP contribution is 2.33. The van der Waals surface area contributed by atoms with Crippen LogP contribution < -0.4 is 14.4 Å².